The number of aromatic nitrogens is 1. The molecule has 0 aromatic carbocycles. The van der Waals surface area contributed by atoms with Gasteiger partial charge in [-0.15, -0.1) is 0 Å². The molecule has 0 aliphatic carbocycles. The van der Waals surface area contributed by atoms with Gasteiger partial charge in [0, 0.05) is 19.2 Å². The molecule has 1 N–H and O–H groups in total. The monoisotopic (exact) mass is 195 g/mol. The maximum absolute atomic E-state index is 11.8. The summed E-state index contributed by atoms with van der Waals surface area (Å²) in [4.78, 5) is 11.8. The zero-order valence-corrected chi connectivity index (χ0v) is 8.12. The summed E-state index contributed by atoms with van der Waals surface area (Å²) < 4.78 is 4.85. The van der Waals surface area contributed by atoms with Crippen LogP contribution >= 0.6 is 0 Å². The van der Waals surface area contributed by atoms with E-state index in [9.17, 15) is 4.79 Å². The number of aryl methyl sites for hydroxylation is 1. The number of nitrogens with zero attached hydrogens (tertiary/aromatic N) is 2. The first-order valence-electron chi connectivity index (χ1n) is 4.76. The van der Waals surface area contributed by atoms with Gasteiger partial charge in [-0.1, -0.05) is 5.16 Å². The number of hydrogen-bond acceptors (Lipinski definition) is 4. The molecule has 0 saturated carbocycles. The molecular formula is C9H13N3O2. The molecule has 1 amide bonds. The molecule has 2 heterocycles. The fraction of sp³-hybridized carbons (Fsp3) is 0.556. The van der Waals surface area contributed by atoms with E-state index in [4.69, 9.17) is 4.52 Å². The molecule has 76 valence electrons. The lowest BCUT2D eigenvalue weighted by molar-refractivity contribution is 0.0600. The van der Waals surface area contributed by atoms with Crippen LogP contribution in [0.5, 0.6) is 0 Å². The molecule has 1 saturated heterocycles. The first-order valence-corrected chi connectivity index (χ1v) is 4.76. The van der Waals surface area contributed by atoms with Gasteiger partial charge in [-0.25, -0.2) is 5.43 Å². The molecule has 2 rings (SSSR count). The standard InChI is InChI=1S/C9H13N3O2/c1-7-6-8(11-14-7)9(13)12-5-3-2-4-10-12/h6,10H,2-5H2,1H3. The fourth-order valence-corrected chi connectivity index (χ4v) is 1.47. The minimum Gasteiger partial charge on any atom is -0.361 e. The Morgan fingerprint density at radius 3 is 3.07 bits per heavy atom. The Kier molecular flexibility index (Phi) is 2.49. The van der Waals surface area contributed by atoms with E-state index in [2.05, 4.69) is 10.6 Å². The first kappa shape index (κ1) is 9.21. The molecule has 0 spiro atoms. The number of hydrazine groups is 1. The summed E-state index contributed by atoms with van der Waals surface area (Å²) in [5.41, 5.74) is 3.40. The van der Waals surface area contributed by atoms with Crippen LogP contribution in [0.25, 0.3) is 0 Å². The summed E-state index contributed by atoms with van der Waals surface area (Å²) in [6.45, 7) is 3.36. The van der Waals surface area contributed by atoms with E-state index >= 15 is 0 Å². The van der Waals surface area contributed by atoms with Gasteiger partial charge in [-0.05, 0) is 19.8 Å². The Labute approximate surface area is 82.0 Å². The molecule has 1 aliphatic heterocycles. The first-order chi connectivity index (χ1) is 6.77. The minimum atomic E-state index is -0.110. The van der Waals surface area contributed by atoms with Crippen LogP contribution in [0.4, 0.5) is 0 Å². The third-order valence-electron chi connectivity index (χ3n) is 2.20. The van der Waals surface area contributed by atoms with Crippen LogP contribution in [0.15, 0.2) is 10.6 Å². The third-order valence-corrected chi connectivity index (χ3v) is 2.20. The maximum atomic E-state index is 11.8. The van der Waals surface area contributed by atoms with Crippen LogP contribution in [-0.2, 0) is 0 Å². The maximum Gasteiger partial charge on any atom is 0.290 e. The van der Waals surface area contributed by atoms with Crippen molar-refractivity contribution in [1.29, 1.82) is 0 Å². The molecule has 1 aromatic heterocycles. The number of hydrogen-bond donors (Lipinski definition) is 1. The van der Waals surface area contributed by atoms with E-state index in [1.165, 1.54) is 0 Å². The highest BCUT2D eigenvalue weighted by Gasteiger charge is 2.20. The van der Waals surface area contributed by atoms with E-state index in [0.717, 1.165) is 25.9 Å². The highest BCUT2D eigenvalue weighted by Crippen LogP contribution is 2.07. The van der Waals surface area contributed by atoms with Crippen LogP contribution in [-0.4, -0.2) is 29.2 Å². The quantitative estimate of drug-likeness (QED) is 0.717. The number of nitrogens with one attached hydrogen (secondary N) is 1. The van der Waals surface area contributed by atoms with Crippen LogP contribution in [0.1, 0.15) is 29.1 Å². The average molecular weight is 195 g/mol. The average Bonchev–Trinajstić information content (AvgIpc) is 2.65. The Hall–Kier alpha value is -1.36. The van der Waals surface area contributed by atoms with E-state index in [1.807, 2.05) is 0 Å². The second-order valence-electron chi connectivity index (χ2n) is 3.39. The van der Waals surface area contributed by atoms with Crippen LogP contribution in [0.3, 0.4) is 0 Å². The second-order valence-corrected chi connectivity index (χ2v) is 3.39. The smallest absolute Gasteiger partial charge is 0.290 e. The molecular weight excluding hydrogens is 182 g/mol. The lowest BCUT2D eigenvalue weighted by Gasteiger charge is -2.26. The summed E-state index contributed by atoms with van der Waals surface area (Å²) in [5.74, 6) is 0.548. The van der Waals surface area contributed by atoms with Crippen molar-refractivity contribution in [2.24, 2.45) is 0 Å². The predicted octanol–water partition coefficient (Wildman–Crippen LogP) is 0.724. The van der Waals surface area contributed by atoms with Gasteiger partial charge >= 0.3 is 0 Å². The lowest BCUT2D eigenvalue weighted by atomic mass is 10.2. The van der Waals surface area contributed by atoms with Gasteiger partial charge in [-0.2, -0.15) is 0 Å². The van der Waals surface area contributed by atoms with Crippen molar-refractivity contribution in [1.82, 2.24) is 15.6 Å². The highest BCUT2D eigenvalue weighted by molar-refractivity contribution is 5.91. The number of carbonyl (C=O) groups is 1. The minimum absolute atomic E-state index is 0.110. The summed E-state index contributed by atoms with van der Waals surface area (Å²) in [7, 11) is 0. The largest absolute Gasteiger partial charge is 0.361 e. The van der Waals surface area contributed by atoms with Crippen LogP contribution in [0.2, 0.25) is 0 Å². The van der Waals surface area contributed by atoms with Crippen molar-refractivity contribution in [3.05, 3.63) is 17.5 Å². The van der Waals surface area contributed by atoms with Crippen molar-refractivity contribution in [3.63, 3.8) is 0 Å². The Morgan fingerprint density at radius 2 is 2.50 bits per heavy atom. The predicted molar refractivity (Wildman–Crippen MR) is 49.5 cm³/mol. The van der Waals surface area contributed by atoms with Gasteiger partial charge in [0.2, 0.25) is 0 Å². The number of amides is 1. The van der Waals surface area contributed by atoms with Crippen LogP contribution < -0.4 is 5.43 Å². The molecule has 1 aromatic rings. The summed E-state index contributed by atoms with van der Waals surface area (Å²) in [5, 5.41) is 5.28. The second kappa shape index (κ2) is 3.79. The zero-order chi connectivity index (χ0) is 9.97. The van der Waals surface area contributed by atoms with Gasteiger partial charge in [0.1, 0.15) is 5.76 Å². The normalized spacial score (nSPS) is 17.1. The van der Waals surface area contributed by atoms with Gasteiger partial charge in [-0.3, -0.25) is 9.80 Å². The third kappa shape index (κ3) is 1.77. The van der Waals surface area contributed by atoms with E-state index in [1.54, 1.807) is 18.0 Å². The van der Waals surface area contributed by atoms with Crippen molar-refractivity contribution in [2.75, 3.05) is 13.1 Å². The SMILES string of the molecule is Cc1cc(C(=O)N2CCCCN2)no1. The van der Waals surface area contributed by atoms with Crippen molar-refractivity contribution < 1.29 is 9.32 Å². The Bertz CT molecular complexity index is 329. The molecule has 14 heavy (non-hydrogen) atoms. The highest BCUT2D eigenvalue weighted by atomic mass is 16.5. The molecule has 1 aliphatic rings. The lowest BCUT2D eigenvalue weighted by Crippen LogP contribution is -2.47. The molecule has 0 bridgehead atoms. The summed E-state index contributed by atoms with van der Waals surface area (Å²) in [6, 6.07) is 1.65. The van der Waals surface area contributed by atoms with Crippen molar-refractivity contribution >= 4 is 5.91 Å². The Morgan fingerprint density at radius 1 is 1.64 bits per heavy atom. The molecule has 5 heteroatoms. The topological polar surface area (TPSA) is 58.4 Å². The molecule has 1 fully saturated rings. The Balaban J connectivity index is 2.07. The van der Waals surface area contributed by atoms with Crippen molar-refractivity contribution in [2.45, 2.75) is 19.8 Å². The molecule has 0 unspecified atom stereocenters. The van der Waals surface area contributed by atoms with Crippen molar-refractivity contribution in [3.8, 4) is 0 Å². The summed E-state index contributed by atoms with van der Waals surface area (Å²) in [6.07, 6.45) is 2.15. The molecule has 5 nitrogen and oxygen atoms in total. The fourth-order valence-electron chi connectivity index (χ4n) is 1.47. The van der Waals surface area contributed by atoms with Crippen LogP contribution in [0, 0.1) is 6.92 Å². The van der Waals surface area contributed by atoms with Gasteiger partial charge in [0.15, 0.2) is 5.69 Å². The van der Waals surface area contributed by atoms with E-state index in [-0.39, 0.29) is 5.91 Å². The molecule has 0 atom stereocenters. The summed E-state index contributed by atoms with van der Waals surface area (Å²) >= 11 is 0. The molecule has 0 radical (unpaired) electrons. The van der Waals surface area contributed by atoms with Gasteiger partial charge in [0.05, 0.1) is 0 Å². The van der Waals surface area contributed by atoms with E-state index < -0.39 is 0 Å². The van der Waals surface area contributed by atoms with Gasteiger partial charge in [0.25, 0.3) is 5.91 Å². The van der Waals surface area contributed by atoms with E-state index in [0.29, 0.717) is 11.5 Å². The number of rotatable bonds is 1. The zero-order valence-electron chi connectivity index (χ0n) is 8.12. The number of carbonyl (C=O) groups excluding carboxylic acids is 1. The van der Waals surface area contributed by atoms with Gasteiger partial charge < -0.3 is 4.52 Å².